The highest BCUT2D eigenvalue weighted by Gasteiger charge is 2.27. The van der Waals surface area contributed by atoms with Crippen LogP contribution in [0, 0.1) is 6.92 Å². The zero-order valence-corrected chi connectivity index (χ0v) is 12.0. The molecule has 20 heavy (non-hydrogen) atoms. The van der Waals surface area contributed by atoms with E-state index in [1.807, 2.05) is 13.0 Å². The Bertz CT molecular complexity index is 533. The summed E-state index contributed by atoms with van der Waals surface area (Å²) in [4.78, 5) is 25.3. The van der Waals surface area contributed by atoms with Crippen molar-refractivity contribution >= 4 is 29.1 Å². The van der Waals surface area contributed by atoms with Crippen molar-refractivity contribution in [2.45, 2.75) is 25.9 Å². The summed E-state index contributed by atoms with van der Waals surface area (Å²) in [6.45, 7) is 2.56. The maximum atomic E-state index is 12.0. The van der Waals surface area contributed by atoms with Crippen molar-refractivity contribution in [2.24, 2.45) is 0 Å². The fourth-order valence-corrected chi connectivity index (χ4v) is 2.36. The number of aryl methyl sites for hydroxylation is 1. The molecule has 1 heterocycles. The van der Waals surface area contributed by atoms with E-state index >= 15 is 0 Å². The molecule has 1 aromatic carbocycles. The smallest absolute Gasteiger partial charge is 0.313 e. The Morgan fingerprint density at radius 1 is 1.45 bits per heavy atom. The van der Waals surface area contributed by atoms with Crippen LogP contribution < -0.4 is 5.32 Å². The first-order chi connectivity index (χ1) is 9.47. The fourth-order valence-electron chi connectivity index (χ4n) is 2.19. The summed E-state index contributed by atoms with van der Waals surface area (Å²) in [6.07, 6.45) is 0.809. The van der Waals surface area contributed by atoms with Crippen LogP contribution in [0.2, 0.25) is 5.02 Å². The minimum absolute atomic E-state index is 0.202. The van der Waals surface area contributed by atoms with Crippen molar-refractivity contribution < 1.29 is 14.7 Å². The second-order valence-corrected chi connectivity index (χ2v) is 5.39. The second kappa shape index (κ2) is 6.24. The van der Waals surface area contributed by atoms with E-state index in [1.165, 1.54) is 4.90 Å². The normalized spacial score (nSPS) is 18.8. The number of carbonyl (C=O) groups is 2. The van der Waals surface area contributed by atoms with E-state index < -0.39 is 17.9 Å². The van der Waals surface area contributed by atoms with Crippen LogP contribution in [0.15, 0.2) is 18.2 Å². The van der Waals surface area contributed by atoms with E-state index in [4.69, 9.17) is 11.6 Å². The Morgan fingerprint density at radius 2 is 2.20 bits per heavy atom. The molecule has 0 bridgehead atoms. The van der Waals surface area contributed by atoms with Gasteiger partial charge in [-0.05, 0) is 37.5 Å². The van der Waals surface area contributed by atoms with Crippen molar-refractivity contribution in [3.8, 4) is 0 Å². The van der Waals surface area contributed by atoms with Crippen LogP contribution in [0.3, 0.4) is 0 Å². The zero-order chi connectivity index (χ0) is 14.7. The molecule has 0 radical (unpaired) electrons. The standard InChI is InChI=1S/C14H17ClN2O3/c1-9-4-5-11(15)12(7-9)16-13(19)14(20)17-6-2-3-10(18)8-17/h4-5,7,10,18H,2-3,6,8H2,1H3,(H,16,19). The van der Waals surface area contributed by atoms with Gasteiger partial charge in [0.05, 0.1) is 16.8 Å². The van der Waals surface area contributed by atoms with Crippen LogP contribution in [0.4, 0.5) is 5.69 Å². The number of hydrogen-bond acceptors (Lipinski definition) is 3. The molecule has 2 N–H and O–H groups in total. The minimum Gasteiger partial charge on any atom is -0.391 e. The summed E-state index contributed by atoms with van der Waals surface area (Å²) in [6, 6.07) is 5.20. The van der Waals surface area contributed by atoms with Crippen LogP contribution in [-0.4, -0.2) is 41.0 Å². The predicted octanol–water partition coefficient (Wildman–Crippen LogP) is 1.57. The molecule has 0 aromatic heterocycles. The molecule has 108 valence electrons. The van der Waals surface area contributed by atoms with Crippen LogP contribution in [0.25, 0.3) is 0 Å². The van der Waals surface area contributed by atoms with Gasteiger partial charge in [-0.2, -0.15) is 0 Å². The molecular weight excluding hydrogens is 280 g/mol. The van der Waals surface area contributed by atoms with Gasteiger partial charge in [-0.1, -0.05) is 17.7 Å². The summed E-state index contributed by atoms with van der Waals surface area (Å²) >= 11 is 5.97. The fraction of sp³-hybridized carbons (Fsp3) is 0.429. The maximum absolute atomic E-state index is 12.0. The third kappa shape index (κ3) is 3.49. The van der Waals surface area contributed by atoms with E-state index in [9.17, 15) is 14.7 Å². The number of aliphatic hydroxyl groups is 1. The lowest BCUT2D eigenvalue weighted by molar-refractivity contribution is -0.145. The Kier molecular flexibility index (Phi) is 4.62. The molecule has 0 saturated carbocycles. The van der Waals surface area contributed by atoms with Crippen molar-refractivity contribution in [1.29, 1.82) is 0 Å². The van der Waals surface area contributed by atoms with Gasteiger partial charge in [0.15, 0.2) is 0 Å². The third-order valence-electron chi connectivity index (χ3n) is 3.25. The van der Waals surface area contributed by atoms with Gasteiger partial charge in [-0.3, -0.25) is 9.59 Å². The maximum Gasteiger partial charge on any atom is 0.313 e. The first-order valence-electron chi connectivity index (χ1n) is 6.52. The van der Waals surface area contributed by atoms with Gasteiger partial charge in [0.2, 0.25) is 0 Å². The number of hydrogen-bond donors (Lipinski definition) is 2. The first kappa shape index (κ1) is 14.8. The summed E-state index contributed by atoms with van der Waals surface area (Å²) < 4.78 is 0. The molecule has 6 heteroatoms. The van der Waals surface area contributed by atoms with E-state index in [0.717, 1.165) is 5.56 Å². The number of amides is 2. The Labute approximate surface area is 122 Å². The number of rotatable bonds is 1. The summed E-state index contributed by atoms with van der Waals surface area (Å²) in [5.74, 6) is -1.37. The molecule has 1 aromatic rings. The number of anilines is 1. The van der Waals surface area contributed by atoms with Gasteiger partial charge >= 0.3 is 11.8 Å². The van der Waals surface area contributed by atoms with E-state index in [-0.39, 0.29) is 6.54 Å². The third-order valence-corrected chi connectivity index (χ3v) is 3.58. The van der Waals surface area contributed by atoms with Gasteiger partial charge in [0.1, 0.15) is 0 Å². The molecule has 2 amide bonds. The van der Waals surface area contributed by atoms with Gasteiger partial charge < -0.3 is 15.3 Å². The zero-order valence-electron chi connectivity index (χ0n) is 11.2. The highest BCUT2D eigenvalue weighted by molar-refractivity contribution is 6.41. The van der Waals surface area contributed by atoms with Gasteiger partial charge in [0, 0.05) is 13.1 Å². The molecule has 1 aliphatic heterocycles. The Hall–Kier alpha value is -1.59. The minimum atomic E-state index is -0.730. The largest absolute Gasteiger partial charge is 0.391 e. The topological polar surface area (TPSA) is 69.6 Å². The molecule has 1 fully saturated rings. The van der Waals surface area contributed by atoms with Gasteiger partial charge in [-0.15, -0.1) is 0 Å². The van der Waals surface area contributed by atoms with Crippen molar-refractivity contribution in [3.05, 3.63) is 28.8 Å². The summed E-state index contributed by atoms with van der Waals surface area (Å²) in [5, 5.41) is 12.4. The second-order valence-electron chi connectivity index (χ2n) is 4.98. The van der Waals surface area contributed by atoms with Crippen molar-refractivity contribution in [2.75, 3.05) is 18.4 Å². The monoisotopic (exact) mass is 296 g/mol. The SMILES string of the molecule is Cc1ccc(Cl)c(NC(=O)C(=O)N2CCCC(O)C2)c1. The number of likely N-dealkylation sites (tertiary alicyclic amines) is 1. The molecule has 2 rings (SSSR count). The summed E-state index contributed by atoms with van der Waals surface area (Å²) in [5.41, 5.74) is 1.35. The molecule has 0 spiro atoms. The Morgan fingerprint density at radius 3 is 2.90 bits per heavy atom. The first-order valence-corrected chi connectivity index (χ1v) is 6.89. The van der Waals surface area contributed by atoms with Gasteiger partial charge in [-0.25, -0.2) is 0 Å². The molecule has 1 aliphatic rings. The number of benzene rings is 1. The van der Waals surface area contributed by atoms with Crippen LogP contribution in [0.1, 0.15) is 18.4 Å². The molecule has 5 nitrogen and oxygen atoms in total. The van der Waals surface area contributed by atoms with E-state index in [2.05, 4.69) is 5.32 Å². The van der Waals surface area contributed by atoms with Crippen LogP contribution >= 0.6 is 11.6 Å². The lowest BCUT2D eigenvalue weighted by Gasteiger charge is -2.29. The van der Waals surface area contributed by atoms with E-state index in [1.54, 1.807) is 12.1 Å². The number of aliphatic hydroxyl groups excluding tert-OH is 1. The molecule has 1 unspecified atom stereocenters. The number of halogens is 1. The average Bonchev–Trinajstić information content (AvgIpc) is 2.42. The molecule has 1 saturated heterocycles. The highest BCUT2D eigenvalue weighted by atomic mass is 35.5. The molecule has 0 aliphatic carbocycles. The highest BCUT2D eigenvalue weighted by Crippen LogP contribution is 2.22. The number of piperidine rings is 1. The lowest BCUT2D eigenvalue weighted by Crippen LogP contribution is -2.46. The van der Waals surface area contributed by atoms with Crippen molar-refractivity contribution in [1.82, 2.24) is 4.90 Å². The lowest BCUT2D eigenvalue weighted by atomic mass is 10.1. The quantitative estimate of drug-likeness (QED) is 0.773. The number of β-amino-alcohol motifs (C(OH)–C–C–N with tert-alkyl or cyclic N) is 1. The summed E-state index contributed by atoms with van der Waals surface area (Å²) in [7, 11) is 0. The van der Waals surface area contributed by atoms with Crippen LogP contribution in [-0.2, 0) is 9.59 Å². The van der Waals surface area contributed by atoms with Crippen LogP contribution in [0.5, 0.6) is 0 Å². The number of nitrogens with one attached hydrogen (secondary N) is 1. The Balaban J connectivity index is 2.04. The number of carbonyl (C=O) groups excluding carboxylic acids is 2. The van der Waals surface area contributed by atoms with E-state index in [0.29, 0.717) is 30.1 Å². The number of nitrogens with zero attached hydrogens (tertiary/aromatic N) is 1. The molecular formula is C14H17ClN2O3. The van der Waals surface area contributed by atoms with Crippen molar-refractivity contribution in [3.63, 3.8) is 0 Å². The van der Waals surface area contributed by atoms with Gasteiger partial charge in [0.25, 0.3) is 0 Å². The average molecular weight is 297 g/mol. The predicted molar refractivity (Wildman–Crippen MR) is 76.6 cm³/mol. The molecule has 1 atom stereocenters.